The molecule has 23 heavy (non-hydrogen) atoms. The van der Waals surface area contributed by atoms with Crippen molar-refractivity contribution in [3.63, 3.8) is 0 Å². The Balaban J connectivity index is 1.90. The minimum atomic E-state index is 0.496. The maximum Gasteiger partial charge on any atom is -0.00852 e. The minimum Gasteiger partial charge on any atom is -0.0884 e. The van der Waals surface area contributed by atoms with Crippen LogP contribution in [0, 0.1) is 34.5 Å². The van der Waals surface area contributed by atoms with Gasteiger partial charge in [0.05, 0.1) is 0 Å². The molecule has 3 rings (SSSR count). The molecule has 0 amide bonds. The van der Waals surface area contributed by atoms with Gasteiger partial charge in [-0.3, -0.25) is 0 Å². The van der Waals surface area contributed by atoms with Gasteiger partial charge in [0.25, 0.3) is 0 Å². The van der Waals surface area contributed by atoms with E-state index in [2.05, 4.69) is 53.7 Å². The van der Waals surface area contributed by atoms with Crippen molar-refractivity contribution in [2.24, 2.45) is 34.5 Å². The normalized spacial score (nSPS) is 47.6. The fourth-order valence-electron chi connectivity index (χ4n) is 7.09. The second kappa shape index (κ2) is 6.08. The van der Waals surface area contributed by atoms with E-state index in [1.807, 2.05) is 0 Å². The summed E-state index contributed by atoms with van der Waals surface area (Å²) in [6, 6.07) is 0. The summed E-state index contributed by atoms with van der Waals surface area (Å²) in [6.45, 7) is 14.7. The number of hydrogen-bond donors (Lipinski definition) is 0. The monoisotopic (exact) mass is 314 g/mol. The highest BCUT2D eigenvalue weighted by atomic mass is 14.6. The Kier molecular flexibility index (Phi) is 4.58. The molecule has 0 heterocycles. The van der Waals surface area contributed by atoms with Crippen LogP contribution in [-0.4, -0.2) is 0 Å². The molecule has 2 saturated carbocycles. The highest BCUT2D eigenvalue weighted by Gasteiger charge is 2.56. The lowest BCUT2D eigenvalue weighted by Gasteiger charge is -2.54. The number of fused-ring (bicyclic) bond motifs is 1. The van der Waals surface area contributed by atoms with Gasteiger partial charge in [0, 0.05) is 0 Å². The van der Waals surface area contributed by atoms with Gasteiger partial charge in [0.2, 0.25) is 0 Å². The fourth-order valence-corrected chi connectivity index (χ4v) is 7.09. The van der Waals surface area contributed by atoms with Gasteiger partial charge in [0.1, 0.15) is 0 Å². The van der Waals surface area contributed by atoms with Gasteiger partial charge in [0.15, 0.2) is 0 Å². The molecule has 6 atom stereocenters. The number of hydrogen-bond acceptors (Lipinski definition) is 0. The van der Waals surface area contributed by atoms with Crippen molar-refractivity contribution in [2.45, 2.75) is 86.5 Å². The van der Waals surface area contributed by atoms with Crippen LogP contribution < -0.4 is 0 Å². The maximum atomic E-state index is 2.64. The average molecular weight is 315 g/mol. The molecule has 0 aromatic heterocycles. The van der Waals surface area contributed by atoms with E-state index < -0.39 is 0 Å². The van der Waals surface area contributed by atoms with Gasteiger partial charge in [-0.25, -0.2) is 0 Å². The molecular weight excluding hydrogens is 276 g/mol. The van der Waals surface area contributed by atoms with E-state index in [4.69, 9.17) is 0 Å². The lowest BCUT2D eigenvalue weighted by Crippen LogP contribution is -2.46. The standard InChI is InChI=1S/C23H38/c1-7-16(3)19-11-12-20-18(8-2)21(13-15-23(19,20)6)22(5)14-9-10-17(22)4/h7,10,18-21H,8-9,11-15H2,1-6H3. The fraction of sp³-hybridized carbons (Fsp3) is 0.826. The summed E-state index contributed by atoms with van der Waals surface area (Å²) in [7, 11) is 0. The van der Waals surface area contributed by atoms with Gasteiger partial charge >= 0.3 is 0 Å². The van der Waals surface area contributed by atoms with E-state index in [0.29, 0.717) is 10.8 Å². The average Bonchev–Trinajstić information content (AvgIpc) is 3.06. The molecule has 2 fully saturated rings. The van der Waals surface area contributed by atoms with Crippen molar-refractivity contribution in [1.29, 1.82) is 0 Å². The highest BCUT2D eigenvalue weighted by Crippen LogP contribution is 2.65. The van der Waals surface area contributed by atoms with Crippen LogP contribution in [0.1, 0.15) is 86.5 Å². The Morgan fingerprint density at radius 3 is 2.48 bits per heavy atom. The molecule has 0 saturated heterocycles. The second-order valence-corrected chi connectivity index (χ2v) is 9.34. The number of rotatable bonds is 3. The molecule has 0 N–H and O–H groups in total. The van der Waals surface area contributed by atoms with Gasteiger partial charge in [-0.05, 0) is 93.8 Å². The Labute approximate surface area is 144 Å². The van der Waals surface area contributed by atoms with E-state index in [0.717, 1.165) is 23.7 Å². The molecule has 0 nitrogen and oxygen atoms in total. The first-order valence-corrected chi connectivity index (χ1v) is 10.2. The Morgan fingerprint density at radius 2 is 1.91 bits per heavy atom. The second-order valence-electron chi connectivity index (χ2n) is 9.34. The summed E-state index contributed by atoms with van der Waals surface area (Å²) in [5.74, 6) is 3.67. The van der Waals surface area contributed by atoms with Gasteiger partial charge in [-0.15, -0.1) is 0 Å². The smallest absolute Gasteiger partial charge is 0.00852 e. The molecular formula is C23H38. The Morgan fingerprint density at radius 1 is 1.17 bits per heavy atom. The molecule has 0 bridgehead atoms. The topological polar surface area (TPSA) is 0 Å². The van der Waals surface area contributed by atoms with Crippen molar-refractivity contribution < 1.29 is 0 Å². The molecule has 3 aliphatic carbocycles. The van der Waals surface area contributed by atoms with Crippen molar-refractivity contribution >= 4 is 0 Å². The van der Waals surface area contributed by atoms with Crippen LogP contribution in [0.3, 0.4) is 0 Å². The summed E-state index contributed by atoms with van der Waals surface area (Å²) in [5, 5.41) is 0. The minimum absolute atomic E-state index is 0.496. The van der Waals surface area contributed by atoms with Crippen LogP contribution in [-0.2, 0) is 0 Å². The van der Waals surface area contributed by atoms with Crippen molar-refractivity contribution in [3.05, 3.63) is 23.3 Å². The van der Waals surface area contributed by atoms with Crippen molar-refractivity contribution in [3.8, 4) is 0 Å². The van der Waals surface area contributed by atoms with E-state index in [-0.39, 0.29) is 0 Å². The third-order valence-electron chi connectivity index (χ3n) is 8.75. The predicted molar refractivity (Wildman–Crippen MR) is 101 cm³/mol. The first-order chi connectivity index (χ1) is 10.9. The largest absolute Gasteiger partial charge is 0.0884 e. The highest BCUT2D eigenvalue weighted by molar-refractivity contribution is 5.22. The molecule has 6 unspecified atom stereocenters. The summed E-state index contributed by atoms with van der Waals surface area (Å²) in [6.07, 6.45) is 14.8. The van der Waals surface area contributed by atoms with Crippen LogP contribution >= 0.6 is 0 Å². The van der Waals surface area contributed by atoms with E-state index >= 15 is 0 Å². The van der Waals surface area contributed by atoms with Crippen LogP contribution in [0.4, 0.5) is 0 Å². The number of allylic oxidation sites excluding steroid dienone is 4. The molecule has 0 aliphatic heterocycles. The molecule has 0 radical (unpaired) electrons. The lowest BCUT2D eigenvalue weighted by atomic mass is 9.51. The zero-order valence-corrected chi connectivity index (χ0v) is 16.4. The van der Waals surface area contributed by atoms with E-state index in [9.17, 15) is 0 Å². The zero-order chi connectivity index (χ0) is 16.8. The first-order valence-electron chi connectivity index (χ1n) is 10.2. The van der Waals surface area contributed by atoms with Crippen LogP contribution in [0.25, 0.3) is 0 Å². The maximum absolute atomic E-state index is 2.64. The molecule has 130 valence electrons. The van der Waals surface area contributed by atoms with Crippen LogP contribution in [0.2, 0.25) is 0 Å². The van der Waals surface area contributed by atoms with E-state index in [1.54, 1.807) is 11.1 Å². The van der Waals surface area contributed by atoms with Gasteiger partial charge in [-0.1, -0.05) is 50.5 Å². The van der Waals surface area contributed by atoms with Crippen LogP contribution in [0.5, 0.6) is 0 Å². The molecule has 0 heteroatoms. The van der Waals surface area contributed by atoms with Gasteiger partial charge in [-0.2, -0.15) is 0 Å². The summed E-state index contributed by atoms with van der Waals surface area (Å²) in [4.78, 5) is 0. The third kappa shape index (κ3) is 2.47. The summed E-state index contributed by atoms with van der Waals surface area (Å²) >= 11 is 0. The third-order valence-corrected chi connectivity index (χ3v) is 8.75. The predicted octanol–water partition coefficient (Wildman–Crippen LogP) is 7.17. The first kappa shape index (κ1) is 17.3. The SMILES string of the molecule is CC=C(C)C1CCC2C(CC)C(C3(C)CCC=C3C)CCC12C. The molecule has 0 aromatic rings. The molecule has 0 aromatic carbocycles. The Hall–Kier alpha value is -0.520. The molecule has 3 aliphatic rings. The van der Waals surface area contributed by atoms with Crippen molar-refractivity contribution in [1.82, 2.24) is 0 Å². The summed E-state index contributed by atoms with van der Waals surface area (Å²) in [5.41, 5.74) is 4.42. The Bertz CT molecular complexity index is 510. The molecule has 0 spiro atoms. The zero-order valence-electron chi connectivity index (χ0n) is 16.4. The lowest BCUT2D eigenvalue weighted by molar-refractivity contribution is -0.0239. The van der Waals surface area contributed by atoms with Crippen molar-refractivity contribution in [2.75, 3.05) is 0 Å². The summed E-state index contributed by atoms with van der Waals surface area (Å²) < 4.78 is 0. The van der Waals surface area contributed by atoms with Crippen LogP contribution in [0.15, 0.2) is 23.3 Å². The van der Waals surface area contributed by atoms with E-state index in [1.165, 1.54) is 44.9 Å². The quantitative estimate of drug-likeness (QED) is 0.484. The van der Waals surface area contributed by atoms with Gasteiger partial charge < -0.3 is 0 Å².